The summed E-state index contributed by atoms with van der Waals surface area (Å²) in [5, 5.41) is 0. The van der Waals surface area contributed by atoms with Crippen molar-refractivity contribution in [3.8, 4) is 0 Å². The number of ketones is 1. The van der Waals surface area contributed by atoms with Gasteiger partial charge in [0, 0.05) is 0 Å². The Morgan fingerprint density at radius 1 is 0.679 bits per heavy atom. The van der Waals surface area contributed by atoms with E-state index in [1.165, 1.54) is 26.4 Å². The summed E-state index contributed by atoms with van der Waals surface area (Å²) in [5.74, 6) is -0.721. The van der Waals surface area contributed by atoms with Crippen molar-refractivity contribution in [3.63, 3.8) is 0 Å². The van der Waals surface area contributed by atoms with Gasteiger partial charge in [-0.15, -0.1) is 0 Å². The fraction of sp³-hybridized carbons (Fsp3) is 0.174. The molecular formula is C23H22O5. The maximum Gasteiger partial charge on any atom is 0.309 e. The Morgan fingerprint density at radius 3 is 1.36 bits per heavy atom. The average molecular weight is 378 g/mol. The van der Waals surface area contributed by atoms with Crippen molar-refractivity contribution in [2.24, 2.45) is 0 Å². The van der Waals surface area contributed by atoms with E-state index in [0.717, 1.165) is 22.3 Å². The molecule has 2 aromatic carbocycles. The molecule has 0 unspecified atom stereocenters. The Morgan fingerprint density at radius 2 is 1.04 bits per heavy atom. The minimum absolute atomic E-state index is 0.141. The van der Waals surface area contributed by atoms with Crippen molar-refractivity contribution in [3.05, 3.63) is 82.9 Å². The first-order valence-corrected chi connectivity index (χ1v) is 8.72. The summed E-state index contributed by atoms with van der Waals surface area (Å²) in [6.07, 6.45) is 6.85. The average Bonchev–Trinajstić information content (AvgIpc) is 2.72. The van der Waals surface area contributed by atoms with E-state index < -0.39 is 0 Å². The number of carbonyl (C=O) groups is 3. The van der Waals surface area contributed by atoms with Gasteiger partial charge in [-0.25, -0.2) is 0 Å². The standard InChI is InChI=1S/C23H22O5/c1-27-22(25)15-19-7-3-17(4-8-19)11-13-21(24)14-12-18-5-9-20(10-6-18)16-23(26)28-2/h3-14H,15-16H2,1-2H3/b13-11+,14-12+. The van der Waals surface area contributed by atoms with Gasteiger partial charge in [0.25, 0.3) is 0 Å². The van der Waals surface area contributed by atoms with Crippen LogP contribution < -0.4 is 0 Å². The molecule has 0 bridgehead atoms. The van der Waals surface area contributed by atoms with Gasteiger partial charge in [0.05, 0.1) is 27.1 Å². The maximum atomic E-state index is 12.0. The van der Waals surface area contributed by atoms with Gasteiger partial charge >= 0.3 is 11.9 Å². The molecule has 0 aromatic heterocycles. The number of carbonyl (C=O) groups excluding carboxylic acids is 3. The van der Waals surface area contributed by atoms with Crippen LogP contribution >= 0.6 is 0 Å². The van der Waals surface area contributed by atoms with Gasteiger partial charge in [0.1, 0.15) is 0 Å². The van der Waals surface area contributed by atoms with Gasteiger partial charge in [0.2, 0.25) is 0 Å². The summed E-state index contributed by atoms with van der Waals surface area (Å²) in [6, 6.07) is 14.7. The lowest BCUT2D eigenvalue weighted by Gasteiger charge is -2.00. The van der Waals surface area contributed by atoms with Crippen LogP contribution in [0.5, 0.6) is 0 Å². The molecule has 0 saturated heterocycles. The summed E-state index contributed by atoms with van der Waals surface area (Å²) in [5.41, 5.74) is 3.43. The van der Waals surface area contributed by atoms with Gasteiger partial charge in [0.15, 0.2) is 5.78 Å². The molecule has 0 N–H and O–H groups in total. The SMILES string of the molecule is COC(=O)Cc1ccc(/C=C/C(=O)/C=C/c2ccc(CC(=O)OC)cc2)cc1. The Labute approximate surface area is 164 Å². The highest BCUT2D eigenvalue weighted by Crippen LogP contribution is 2.09. The number of hydrogen-bond acceptors (Lipinski definition) is 5. The van der Waals surface area contributed by atoms with E-state index in [1.807, 2.05) is 48.5 Å². The molecule has 0 radical (unpaired) electrons. The molecule has 0 aliphatic carbocycles. The summed E-state index contributed by atoms with van der Waals surface area (Å²) in [4.78, 5) is 34.5. The molecular weight excluding hydrogens is 356 g/mol. The molecule has 2 rings (SSSR count). The molecule has 0 saturated carbocycles. The van der Waals surface area contributed by atoms with Crippen molar-refractivity contribution in [1.29, 1.82) is 0 Å². The van der Waals surface area contributed by atoms with Crippen LogP contribution in [0.1, 0.15) is 22.3 Å². The van der Waals surface area contributed by atoms with Crippen molar-refractivity contribution < 1.29 is 23.9 Å². The van der Waals surface area contributed by atoms with E-state index in [9.17, 15) is 14.4 Å². The zero-order valence-electron chi connectivity index (χ0n) is 15.9. The largest absolute Gasteiger partial charge is 0.469 e. The van der Waals surface area contributed by atoms with E-state index in [0.29, 0.717) is 0 Å². The summed E-state index contributed by atoms with van der Waals surface area (Å²) in [6.45, 7) is 0. The molecule has 2 aromatic rings. The van der Waals surface area contributed by atoms with E-state index in [2.05, 4.69) is 9.47 Å². The third kappa shape index (κ3) is 7.03. The van der Waals surface area contributed by atoms with Crippen molar-refractivity contribution in [2.75, 3.05) is 14.2 Å². The quantitative estimate of drug-likeness (QED) is 0.520. The van der Waals surface area contributed by atoms with Gasteiger partial charge in [-0.05, 0) is 34.4 Å². The van der Waals surface area contributed by atoms with Gasteiger partial charge in [-0.2, -0.15) is 0 Å². The summed E-state index contributed by atoms with van der Waals surface area (Å²) in [7, 11) is 2.71. The summed E-state index contributed by atoms with van der Waals surface area (Å²) >= 11 is 0. The number of benzene rings is 2. The van der Waals surface area contributed by atoms with E-state index in [1.54, 1.807) is 12.2 Å². The lowest BCUT2D eigenvalue weighted by molar-refractivity contribution is -0.140. The van der Waals surface area contributed by atoms with Gasteiger partial charge in [-0.1, -0.05) is 60.7 Å². The minimum Gasteiger partial charge on any atom is -0.469 e. The lowest BCUT2D eigenvalue weighted by atomic mass is 10.1. The Bertz CT molecular complexity index is 801. The predicted molar refractivity (Wildman–Crippen MR) is 107 cm³/mol. The third-order valence-corrected chi connectivity index (χ3v) is 3.99. The summed E-state index contributed by atoms with van der Waals surface area (Å²) < 4.78 is 9.26. The highest BCUT2D eigenvalue weighted by atomic mass is 16.5. The molecule has 0 amide bonds. The molecule has 0 fully saturated rings. The Hall–Kier alpha value is -3.47. The number of allylic oxidation sites excluding steroid dienone is 2. The second-order valence-corrected chi connectivity index (χ2v) is 6.06. The van der Waals surface area contributed by atoms with Crippen molar-refractivity contribution >= 4 is 29.9 Å². The Balaban J connectivity index is 1.90. The third-order valence-electron chi connectivity index (χ3n) is 3.99. The second kappa shape index (κ2) is 10.6. The van der Waals surface area contributed by atoms with E-state index >= 15 is 0 Å². The van der Waals surface area contributed by atoms with Gasteiger partial charge in [-0.3, -0.25) is 14.4 Å². The van der Waals surface area contributed by atoms with Crippen LogP contribution in [0.3, 0.4) is 0 Å². The van der Waals surface area contributed by atoms with Crippen LogP contribution in [-0.4, -0.2) is 31.9 Å². The zero-order valence-corrected chi connectivity index (χ0v) is 15.9. The van der Waals surface area contributed by atoms with Crippen LogP contribution in [-0.2, 0) is 36.7 Å². The molecule has 0 aliphatic rings. The highest BCUT2D eigenvalue weighted by molar-refractivity contribution is 6.04. The first-order valence-electron chi connectivity index (χ1n) is 8.72. The molecule has 144 valence electrons. The molecule has 0 aliphatic heterocycles. The number of methoxy groups -OCH3 is 2. The number of esters is 2. The number of rotatable bonds is 8. The first-order chi connectivity index (χ1) is 13.5. The molecule has 0 atom stereocenters. The van der Waals surface area contributed by atoms with E-state index in [-0.39, 0.29) is 30.6 Å². The van der Waals surface area contributed by atoms with Crippen molar-refractivity contribution in [1.82, 2.24) is 0 Å². The zero-order chi connectivity index (χ0) is 20.4. The topological polar surface area (TPSA) is 69.7 Å². The van der Waals surface area contributed by atoms with Crippen molar-refractivity contribution in [2.45, 2.75) is 12.8 Å². The normalized spacial score (nSPS) is 10.9. The van der Waals surface area contributed by atoms with Crippen LogP contribution in [0.15, 0.2) is 60.7 Å². The molecule has 5 heteroatoms. The maximum absolute atomic E-state index is 12.0. The molecule has 0 heterocycles. The smallest absolute Gasteiger partial charge is 0.309 e. The monoisotopic (exact) mass is 378 g/mol. The van der Waals surface area contributed by atoms with Crippen LogP contribution in [0.4, 0.5) is 0 Å². The fourth-order valence-electron chi connectivity index (χ4n) is 2.38. The van der Waals surface area contributed by atoms with Crippen LogP contribution in [0, 0.1) is 0 Å². The molecule has 0 spiro atoms. The first kappa shape index (κ1) is 20.8. The van der Waals surface area contributed by atoms with Gasteiger partial charge < -0.3 is 9.47 Å². The number of ether oxygens (including phenoxy) is 2. The molecule has 28 heavy (non-hydrogen) atoms. The minimum atomic E-state index is -0.290. The fourth-order valence-corrected chi connectivity index (χ4v) is 2.38. The molecule has 5 nitrogen and oxygen atoms in total. The number of hydrogen-bond donors (Lipinski definition) is 0. The Kier molecular flexibility index (Phi) is 7.91. The predicted octanol–water partition coefficient (Wildman–Crippen LogP) is 3.41. The lowest BCUT2D eigenvalue weighted by Crippen LogP contribution is -2.04. The van der Waals surface area contributed by atoms with Crippen LogP contribution in [0.25, 0.3) is 12.2 Å². The van der Waals surface area contributed by atoms with E-state index in [4.69, 9.17) is 0 Å². The second-order valence-electron chi connectivity index (χ2n) is 6.06. The van der Waals surface area contributed by atoms with Crippen LogP contribution in [0.2, 0.25) is 0 Å². The highest BCUT2D eigenvalue weighted by Gasteiger charge is 2.03.